The van der Waals surface area contributed by atoms with Gasteiger partial charge in [-0.1, -0.05) is 33.1 Å². The van der Waals surface area contributed by atoms with Crippen LogP contribution in [0, 0.1) is 5.92 Å². The van der Waals surface area contributed by atoms with Crippen molar-refractivity contribution in [2.75, 3.05) is 26.2 Å². The largest absolute Gasteiger partial charge is 0.298 e. The van der Waals surface area contributed by atoms with Gasteiger partial charge >= 0.3 is 0 Å². The SMILES string of the molecule is CCC(CC)CN1CC2CCCCN2CC1C. The van der Waals surface area contributed by atoms with Crippen LogP contribution in [0.3, 0.4) is 0 Å². The van der Waals surface area contributed by atoms with Gasteiger partial charge < -0.3 is 0 Å². The Morgan fingerprint density at radius 2 is 1.88 bits per heavy atom. The van der Waals surface area contributed by atoms with Crippen LogP contribution in [0.5, 0.6) is 0 Å². The van der Waals surface area contributed by atoms with Crippen molar-refractivity contribution in [1.29, 1.82) is 0 Å². The van der Waals surface area contributed by atoms with Crippen LogP contribution in [0.4, 0.5) is 0 Å². The van der Waals surface area contributed by atoms with Gasteiger partial charge in [0, 0.05) is 31.7 Å². The molecule has 2 fully saturated rings. The zero-order chi connectivity index (χ0) is 12.3. The molecule has 2 rings (SSSR count). The van der Waals surface area contributed by atoms with Gasteiger partial charge in [0.1, 0.15) is 0 Å². The van der Waals surface area contributed by atoms with Crippen LogP contribution in [-0.2, 0) is 0 Å². The summed E-state index contributed by atoms with van der Waals surface area (Å²) < 4.78 is 0. The van der Waals surface area contributed by atoms with Crippen molar-refractivity contribution in [3.05, 3.63) is 0 Å². The van der Waals surface area contributed by atoms with E-state index in [1.54, 1.807) is 0 Å². The number of piperidine rings is 1. The average Bonchev–Trinajstić information content (AvgIpc) is 2.36. The number of rotatable bonds is 4. The molecule has 0 spiro atoms. The monoisotopic (exact) mass is 238 g/mol. The lowest BCUT2D eigenvalue weighted by molar-refractivity contribution is 0.00713. The van der Waals surface area contributed by atoms with E-state index in [9.17, 15) is 0 Å². The third-order valence-electron chi connectivity index (χ3n) is 4.96. The maximum atomic E-state index is 2.77. The summed E-state index contributed by atoms with van der Waals surface area (Å²) in [6, 6.07) is 1.64. The highest BCUT2D eigenvalue weighted by molar-refractivity contribution is 4.89. The predicted octanol–water partition coefficient (Wildman–Crippen LogP) is 2.98. The first-order chi connectivity index (χ1) is 8.24. The van der Waals surface area contributed by atoms with Crippen molar-refractivity contribution in [3.63, 3.8) is 0 Å². The highest BCUT2D eigenvalue weighted by atomic mass is 15.3. The Morgan fingerprint density at radius 1 is 1.12 bits per heavy atom. The smallest absolute Gasteiger partial charge is 0.0223 e. The molecule has 2 unspecified atom stereocenters. The average molecular weight is 238 g/mol. The molecule has 0 saturated carbocycles. The summed E-state index contributed by atoms with van der Waals surface area (Å²) in [5.41, 5.74) is 0. The fourth-order valence-corrected chi connectivity index (χ4v) is 3.55. The molecule has 0 aromatic rings. The standard InChI is InChI=1S/C15H30N2/c1-4-14(5-2)11-17-12-15-8-6-7-9-16(15)10-13(17)3/h13-15H,4-12H2,1-3H3. The van der Waals surface area contributed by atoms with Crippen LogP contribution in [0.2, 0.25) is 0 Å². The fourth-order valence-electron chi connectivity index (χ4n) is 3.55. The van der Waals surface area contributed by atoms with Crippen molar-refractivity contribution in [3.8, 4) is 0 Å². The first-order valence-electron chi connectivity index (χ1n) is 7.72. The molecule has 0 N–H and O–H groups in total. The van der Waals surface area contributed by atoms with E-state index in [0.29, 0.717) is 0 Å². The zero-order valence-corrected chi connectivity index (χ0v) is 12.0. The normalized spacial score (nSPS) is 31.8. The quantitative estimate of drug-likeness (QED) is 0.743. The second-order valence-corrected chi connectivity index (χ2v) is 6.13. The Balaban J connectivity index is 1.90. The summed E-state index contributed by atoms with van der Waals surface area (Å²) >= 11 is 0. The van der Waals surface area contributed by atoms with E-state index in [2.05, 4.69) is 30.6 Å². The number of fused-ring (bicyclic) bond motifs is 1. The van der Waals surface area contributed by atoms with Crippen molar-refractivity contribution >= 4 is 0 Å². The molecule has 0 aromatic heterocycles. The summed E-state index contributed by atoms with van der Waals surface area (Å²) in [5.74, 6) is 0.910. The summed E-state index contributed by atoms with van der Waals surface area (Å²) in [6.07, 6.45) is 7.00. The summed E-state index contributed by atoms with van der Waals surface area (Å²) in [6.45, 7) is 12.4. The topological polar surface area (TPSA) is 6.48 Å². The predicted molar refractivity (Wildman–Crippen MR) is 74.3 cm³/mol. The second kappa shape index (κ2) is 6.19. The molecule has 2 heteroatoms. The lowest BCUT2D eigenvalue weighted by atomic mass is 9.95. The van der Waals surface area contributed by atoms with Crippen LogP contribution in [-0.4, -0.2) is 48.1 Å². The minimum atomic E-state index is 0.768. The number of piperazine rings is 1. The molecule has 2 heterocycles. The van der Waals surface area contributed by atoms with Gasteiger partial charge in [0.2, 0.25) is 0 Å². The molecular formula is C15H30N2. The minimum absolute atomic E-state index is 0.768. The lowest BCUT2D eigenvalue weighted by Crippen LogP contribution is -2.59. The molecule has 0 bridgehead atoms. The van der Waals surface area contributed by atoms with Crippen LogP contribution in [0.15, 0.2) is 0 Å². The molecule has 2 aliphatic heterocycles. The summed E-state index contributed by atoms with van der Waals surface area (Å²) in [4.78, 5) is 5.52. The van der Waals surface area contributed by atoms with E-state index in [1.807, 2.05) is 0 Å². The van der Waals surface area contributed by atoms with E-state index in [-0.39, 0.29) is 0 Å². The number of hydrogen-bond acceptors (Lipinski definition) is 2. The Morgan fingerprint density at radius 3 is 2.59 bits per heavy atom. The number of hydrogen-bond donors (Lipinski definition) is 0. The Kier molecular flexibility index (Phi) is 4.87. The number of nitrogens with zero attached hydrogens (tertiary/aromatic N) is 2. The van der Waals surface area contributed by atoms with Gasteiger partial charge in [-0.15, -0.1) is 0 Å². The van der Waals surface area contributed by atoms with Crippen LogP contribution < -0.4 is 0 Å². The molecule has 17 heavy (non-hydrogen) atoms. The van der Waals surface area contributed by atoms with Gasteiger partial charge in [-0.05, 0) is 32.2 Å². The van der Waals surface area contributed by atoms with Crippen molar-refractivity contribution in [1.82, 2.24) is 9.80 Å². The highest BCUT2D eigenvalue weighted by Crippen LogP contribution is 2.25. The Bertz CT molecular complexity index is 225. The van der Waals surface area contributed by atoms with Crippen LogP contribution in [0.25, 0.3) is 0 Å². The van der Waals surface area contributed by atoms with Gasteiger partial charge in [-0.3, -0.25) is 9.80 Å². The molecule has 100 valence electrons. The van der Waals surface area contributed by atoms with Crippen LogP contribution >= 0.6 is 0 Å². The molecule has 2 nitrogen and oxygen atoms in total. The molecule has 0 aromatic carbocycles. The Labute approximate surface area is 107 Å². The third-order valence-corrected chi connectivity index (χ3v) is 4.96. The first kappa shape index (κ1) is 13.4. The van der Waals surface area contributed by atoms with Gasteiger partial charge in [-0.2, -0.15) is 0 Å². The lowest BCUT2D eigenvalue weighted by Gasteiger charge is -2.48. The van der Waals surface area contributed by atoms with Crippen molar-refractivity contribution < 1.29 is 0 Å². The molecule has 0 amide bonds. The van der Waals surface area contributed by atoms with E-state index in [4.69, 9.17) is 0 Å². The molecular weight excluding hydrogens is 208 g/mol. The maximum Gasteiger partial charge on any atom is 0.0223 e. The van der Waals surface area contributed by atoms with Gasteiger partial charge in [0.05, 0.1) is 0 Å². The highest BCUT2D eigenvalue weighted by Gasteiger charge is 2.33. The van der Waals surface area contributed by atoms with Gasteiger partial charge in [0.15, 0.2) is 0 Å². The molecule has 0 radical (unpaired) electrons. The minimum Gasteiger partial charge on any atom is -0.298 e. The second-order valence-electron chi connectivity index (χ2n) is 6.13. The van der Waals surface area contributed by atoms with E-state index >= 15 is 0 Å². The van der Waals surface area contributed by atoms with Crippen molar-refractivity contribution in [2.24, 2.45) is 5.92 Å². The molecule has 0 aliphatic carbocycles. The summed E-state index contributed by atoms with van der Waals surface area (Å²) in [5, 5.41) is 0. The molecule has 2 aliphatic rings. The fraction of sp³-hybridized carbons (Fsp3) is 1.00. The third kappa shape index (κ3) is 3.23. The van der Waals surface area contributed by atoms with E-state index in [0.717, 1.165) is 18.0 Å². The van der Waals surface area contributed by atoms with Crippen LogP contribution in [0.1, 0.15) is 52.9 Å². The van der Waals surface area contributed by atoms with Crippen molar-refractivity contribution in [2.45, 2.75) is 65.0 Å². The van der Waals surface area contributed by atoms with E-state index in [1.165, 1.54) is 58.3 Å². The van der Waals surface area contributed by atoms with E-state index < -0.39 is 0 Å². The Hall–Kier alpha value is -0.0800. The summed E-state index contributed by atoms with van der Waals surface area (Å²) in [7, 11) is 0. The molecule has 2 saturated heterocycles. The molecule has 2 atom stereocenters. The van der Waals surface area contributed by atoms with Gasteiger partial charge in [-0.25, -0.2) is 0 Å². The zero-order valence-electron chi connectivity index (χ0n) is 12.0. The first-order valence-corrected chi connectivity index (χ1v) is 7.72. The maximum absolute atomic E-state index is 2.77. The van der Waals surface area contributed by atoms with Gasteiger partial charge in [0.25, 0.3) is 0 Å².